The molecule has 0 radical (unpaired) electrons. The van der Waals surface area contributed by atoms with Gasteiger partial charge in [0.05, 0.1) is 15.2 Å². The molecule has 1 aromatic heterocycles. The zero-order valence-corrected chi connectivity index (χ0v) is 12.3. The third-order valence-corrected chi connectivity index (χ3v) is 4.68. The number of aryl methyl sites for hydroxylation is 1. The Balaban J connectivity index is 2.04. The molecule has 2 aromatic rings. The van der Waals surface area contributed by atoms with Gasteiger partial charge in [0.1, 0.15) is 5.82 Å². The smallest absolute Gasteiger partial charge is 0.124 e. The molecule has 0 aliphatic rings. The zero-order chi connectivity index (χ0) is 13.8. The fourth-order valence-electron chi connectivity index (χ4n) is 2.39. The summed E-state index contributed by atoms with van der Waals surface area (Å²) in [6, 6.07) is 4.79. The maximum absolute atomic E-state index is 13.1. The number of nitrogens with zero attached hydrogens (tertiary/aromatic N) is 1. The van der Waals surface area contributed by atoms with Crippen molar-refractivity contribution in [3.05, 3.63) is 29.0 Å². The van der Waals surface area contributed by atoms with E-state index in [1.165, 1.54) is 6.07 Å². The molecule has 0 saturated heterocycles. The molecule has 104 valence electrons. The van der Waals surface area contributed by atoms with Crippen LogP contribution in [0.5, 0.6) is 0 Å². The van der Waals surface area contributed by atoms with Gasteiger partial charge in [0.25, 0.3) is 0 Å². The van der Waals surface area contributed by atoms with Crippen LogP contribution < -0.4 is 5.73 Å². The molecule has 0 bridgehead atoms. The first-order chi connectivity index (χ1) is 9.10. The Hall–Kier alpha value is -1.000. The number of aromatic nitrogens is 1. The minimum absolute atomic E-state index is 0.189. The first-order valence-electron chi connectivity index (χ1n) is 6.85. The normalized spacial score (nSPS) is 13.3. The summed E-state index contributed by atoms with van der Waals surface area (Å²) in [5.74, 6) is 1.11. The Morgan fingerprint density at radius 3 is 2.79 bits per heavy atom. The summed E-state index contributed by atoms with van der Waals surface area (Å²) in [5.41, 5.74) is 6.56. The first kappa shape index (κ1) is 14.4. The van der Waals surface area contributed by atoms with Gasteiger partial charge in [0.2, 0.25) is 0 Å². The molecular formula is C15H21FN2S. The Kier molecular flexibility index (Phi) is 4.88. The van der Waals surface area contributed by atoms with Gasteiger partial charge >= 0.3 is 0 Å². The number of thiazole rings is 1. The minimum Gasteiger partial charge on any atom is -0.330 e. The third-order valence-electron chi connectivity index (χ3n) is 3.60. The highest BCUT2D eigenvalue weighted by Gasteiger charge is 2.14. The maximum Gasteiger partial charge on any atom is 0.124 e. The second-order valence-corrected chi connectivity index (χ2v) is 6.45. The maximum atomic E-state index is 13.1. The van der Waals surface area contributed by atoms with Gasteiger partial charge in [-0.3, -0.25) is 0 Å². The van der Waals surface area contributed by atoms with E-state index < -0.39 is 0 Å². The van der Waals surface area contributed by atoms with Gasteiger partial charge in [-0.2, -0.15) is 0 Å². The summed E-state index contributed by atoms with van der Waals surface area (Å²) in [5, 5.41) is 1.10. The van der Waals surface area contributed by atoms with Crippen molar-refractivity contribution in [3.8, 4) is 0 Å². The van der Waals surface area contributed by atoms with E-state index in [0.717, 1.165) is 41.0 Å². The van der Waals surface area contributed by atoms with E-state index >= 15 is 0 Å². The molecule has 0 aliphatic carbocycles. The van der Waals surface area contributed by atoms with Crippen LogP contribution in [0.15, 0.2) is 18.2 Å². The van der Waals surface area contributed by atoms with E-state index in [-0.39, 0.29) is 5.82 Å². The van der Waals surface area contributed by atoms with Crippen LogP contribution >= 0.6 is 11.3 Å². The number of rotatable bonds is 6. The standard InChI is InChI=1S/C15H21FN2S/c1-10(2)11(7-8-17)3-6-15-18-13-5-4-12(16)9-14(13)19-15/h4-5,9-11H,3,6-8,17H2,1-2H3. The largest absolute Gasteiger partial charge is 0.330 e. The Morgan fingerprint density at radius 2 is 2.11 bits per heavy atom. The van der Waals surface area contributed by atoms with E-state index in [1.54, 1.807) is 23.5 Å². The Bertz CT molecular complexity index is 536. The number of hydrogen-bond donors (Lipinski definition) is 1. The summed E-state index contributed by atoms with van der Waals surface area (Å²) in [6.45, 7) is 5.23. The summed E-state index contributed by atoms with van der Waals surface area (Å²) >= 11 is 1.60. The molecule has 0 saturated carbocycles. The lowest BCUT2D eigenvalue weighted by molar-refractivity contribution is 0.341. The summed E-state index contributed by atoms with van der Waals surface area (Å²) in [6.07, 6.45) is 3.14. The molecule has 0 amide bonds. The fourth-order valence-corrected chi connectivity index (χ4v) is 3.39. The van der Waals surface area contributed by atoms with Gasteiger partial charge in [-0.25, -0.2) is 9.37 Å². The third kappa shape index (κ3) is 3.74. The van der Waals surface area contributed by atoms with Crippen molar-refractivity contribution < 1.29 is 4.39 Å². The van der Waals surface area contributed by atoms with Crippen molar-refractivity contribution in [2.45, 2.75) is 33.1 Å². The van der Waals surface area contributed by atoms with Gasteiger partial charge < -0.3 is 5.73 Å². The number of halogens is 1. The van der Waals surface area contributed by atoms with E-state index in [9.17, 15) is 4.39 Å². The van der Waals surface area contributed by atoms with E-state index in [1.807, 2.05) is 0 Å². The van der Waals surface area contributed by atoms with Crippen LogP contribution in [0.25, 0.3) is 10.2 Å². The molecule has 19 heavy (non-hydrogen) atoms. The summed E-state index contributed by atoms with van der Waals surface area (Å²) in [4.78, 5) is 4.57. The molecule has 2 rings (SSSR count). The highest BCUT2D eigenvalue weighted by molar-refractivity contribution is 7.18. The minimum atomic E-state index is -0.189. The molecule has 2 N–H and O–H groups in total. The van der Waals surface area contributed by atoms with Crippen molar-refractivity contribution in [1.82, 2.24) is 4.98 Å². The number of nitrogens with two attached hydrogens (primary N) is 1. The average Bonchev–Trinajstić information content (AvgIpc) is 2.75. The van der Waals surface area contributed by atoms with Crippen LogP contribution in [0, 0.1) is 17.7 Å². The van der Waals surface area contributed by atoms with Gasteiger partial charge in [-0.1, -0.05) is 13.8 Å². The predicted molar refractivity (Wildman–Crippen MR) is 79.9 cm³/mol. The van der Waals surface area contributed by atoms with Crippen molar-refractivity contribution in [2.75, 3.05) is 6.54 Å². The highest BCUT2D eigenvalue weighted by atomic mass is 32.1. The Morgan fingerprint density at radius 1 is 1.32 bits per heavy atom. The zero-order valence-electron chi connectivity index (χ0n) is 11.5. The predicted octanol–water partition coefficient (Wildman–Crippen LogP) is 3.99. The lowest BCUT2D eigenvalue weighted by Crippen LogP contribution is -2.15. The number of fused-ring (bicyclic) bond motifs is 1. The molecule has 2 nitrogen and oxygen atoms in total. The van der Waals surface area contributed by atoms with Gasteiger partial charge in [0.15, 0.2) is 0 Å². The summed E-state index contributed by atoms with van der Waals surface area (Å²) < 4.78 is 14.1. The van der Waals surface area contributed by atoms with E-state index in [4.69, 9.17) is 5.73 Å². The second-order valence-electron chi connectivity index (χ2n) is 5.34. The lowest BCUT2D eigenvalue weighted by atomic mass is 9.88. The van der Waals surface area contributed by atoms with Crippen LogP contribution in [0.4, 0.5) is 4.39 Å². The van der Waals surface area contributed by atoms with Crippen LogP contribution in [0.2, 0.25) is 0 Å². The van der Waals surface area contributed by atoms with Crippen molar-refractivity contribution >= 4 is 21.6 Å². The van der Waals surface area contributed by atoms with Gasteiger partial charge in [-0.15, -0.1) is 11.3 Å². The number of hydrogen-bond acceptors (Lipinski definition) is 3. The molecular weight excluding hydrogens is 259 g/mol. The van der Waals surface area contributed by atoms with Gasteiger partial charge in [-0.05, 0) is 55.8 Å². The highest BCUT2D eigenvalue weighted by Crippen LogP contribution is 2.26. The fraction of sp³-hybridized carbons (Fsp3) is 0.533. The van der Waals surface area contributed by atoms with Crippen LogP contribution in [0.3, 0.4) is 0 Å². The van der Waals surface area contributed by atoms with E-state index in [0.29, 0.717) is 11.8 Å². The first-order valence-corrected chi connectivity index (χ1v) is 7.67. The van der Waals surface area contributed by atoms with Gasteiger partial charge in [0, 0.05) is 0 Å². The lowest BCUT2D eigenvalue weighted by Gasteiger charge is -2.19. The SMILES string of the molecule is CC(C)C(CCN)CCc1nc2ccc(F)cc2s1. The van der Waals surface area contributed by atoms with Crippen LogP contribution in [-0.4, -0.2) is 11.5 Å². The molecule has 1 unspecified atom stereocenters. The summed E-state index contributed by atoms with van der Waals surface area (Å²) in [7, 11) is 0. The molecule has 1 heterocycles. The molecule has 0 aliphatic heterocycles. The number of benzene rings is 1. The van der Waals surface area contributed by atoms with Crippen LogP contribution in [0.1, 0.15) is 31.7 Å². The topological polar surface area (TPSA) is 38.9 Å². The Labute approximate surface area is 117 Å². The van der Waals surface area contributed by atoms with Crippen molar-refractivity contribution in [3.63, 3.8) is 0 Å². The average molecular weight is 280 g/mol. The molecule has 0 spiro atoms. The molecule has 4 heteroatoms. The van der Waals surface area contributed by atoms with Crippen LogP contribution in [-0.2, 0) is 6.42 Å². The second kappa shape index (κ2) is 6.44. The molecule has 1 atom stereocenters. The quantitative estimate of drug-likeness (QED) is 0.869. The van der Waals surface area contributed by atoms with E-state index in [2.05, 4.69) is 18.8 Å². The molecule has 1 aromatic carbocycles. The monoisotopic (exact) mass is 280 g/mol. The molecule has 0 fully saturated rings. The van der Waals surface area contributed by atoms with Crippen molar-refractivity contribution in [2.24, 2.45) is 17.6 Å². The van der Waals surface area contributed by atoms with Crippen molar-refractivity contribution in [1.29, 1.82) is 0 Å².